The maximum atomic E-state index is 12.7. The highest BCUT2D eigenvalue weighted by Gasteiger charge is 2.22. The van der Waals surface area contributed by atoms with Gasteiger partial charge in [-0.1, -0.05) is 38.1 Å². The predicted octanol–water partition coefficient (Wildman–Crippen LogP) is 3.03. The molecule has 0 bridgehead atoms. The van der Waals surface area contributed by atoms with E-state index in [9.17, 15) is 9.90 Å². The van der Waals surface area contributed by atoms with Crippen molar-refractivity contribution in [2.24, 2.45) is 0 Å². The fraction of sp³-hybridized carbons (Fsp3) is 0.400. The number of rotatable bonds is 8. The van der Waals surface area contributed by atoms with Crippen LogP contribution in [0.25, 0.3) is 0 Å². The molecular weight excluding hydrogens is 314 g/mol. The van der Waals surface area contributed by atoms with Gasteiger partial charge in [-0.05, 0) is 36.1 Å². The van der Waals surface area contributed by atoms with Gasteiger partial charge in [0.2, 0.25) is 5.91 Å². The number of nitrogens with zero attached hydrogens (tertiary/aromatic N) is 2. The Labute approximate surface area is 149 Å². The molecule has 0 saturated carbocycles. The predicted molar refractivity (Wildman–Crippen MR) is 100 cm³/mol. The molecule has 1 amide bonds. The van der Waals surface area contributed by atoms with Crippen molar-refractivity contribution in [3.05, 3.63) is 59.9 Å². The van der Waals surface area contributed by atoms with E-state index in [0.29, 0.717) is 19.0 Å². The molecule has 0 spiro atoms. The summed E-state index contributed by atoms with van der Waals surface area (Å²) in [5.74, 6) is 0.251. The number of benzene rings is 1. The van der Waals surface area contributed by atoms with E-state index in [2.05, 4.69) is 24.1 Å². The molecule has 2 aromatic rings. The summed E-state index contributed by atoms with van der Waals surface area (Å²) in [6, 6.07) is 11.3. The average molecular weight is 341 g/mol. The number of carbonyl (C=O) groups excluding carboxylic acids is 1. The van der Waals surface area contributed by atoms with Gasteiger partial charge in [-0.2, -0.15) is 0 Å². The Kier molecular flexibility index (Phi) is 7.10. The van der Waals surface area contributed by atoms with Gasteiger partial charge in [0.05, 0.1) is 12.6 Å². The fourth-order valence-electron chi connectivity index (χ4n) is 2.78. The van der Waals surface area contributed by atoms with E-state index in [1.165, 1.54) is 0 Å². The smallest absolute Gasteiger partial charge is 0.241 e. The van der Waals surface area contributed by atoms with Crippen LogP contribution in [-0.4, -0.2) is 40.1 Å². The average Bonchev–Trinajstić information content (AvgIpc) is 2.62. The molecule has 0 aliphatic rings. The van der Waals surface area contributed by atoms with Crippen molar-refractivity contribution in [1.82, 2.24) is 9.88 Å². The van der Waals surface area contributed by atoms with E-state index in [-0.39, 0.29) is 18.6 Å². The van der Waals surface area contributed by atoms with E-state index in [4.69, 9.17) is 0 Å². The second-order valence-electron chi connectivity index (χ2n) is 6.46. The fourth-order valence-corrected chi connectivity index (χ4v) is 2.78. The van der Waals surface area contributed by atoms with Gasteiger partial charge in [-0.3, -0.25) is 14.7 Å². The molecule has 1 aromatic carbocycles. The molecular formula is C20H27N3O2. The molecule has 1 heterocycles. The summed E-state index contributed by atoms with van der Waals surface area (Å²) >= 11 is 0. The van der Waals surface area contributed by atoms with Crippen LogP contribution in [-0.2, 0) is 11.3 Å². The van der Waals surface area contributed by atoms with E-state index in [1.807, 2.05) is 48.2 Å². The van der Waals surface area contributed by atoms with Crippen LogP contribution >= 0.6 is 0 Å². The lowest BCUT2D eigenvalue weighted by atomic mass is 10.0. The second kappa shape index (κ2) is 9.30. The number of hydrogen-bond donors (Lipinski definition) is 2. The summed E-state index contributed by atoms with van der Waals surface area (Å²) in [6.07, 6.45) is 3.50. The van der Waals surface area contributed by atoms with E-state index < -0.39 is 0 Å². The molecule has 1 aromatic heterocycles. The number of hydrogen-bond acceptors (Lipinski definition) is 4. The molecule has 2 rings (SSSR count). The van der Waals surface area contributed by atoms with Gasteiger partial charge in [-0.25, -0.2) is 0 Å². The highest BCUT2D eigenvalue weighted by molar-refractivity contribution is 5.95. The Balaban J connectivity index is 2.10. The topological polar surface area (TPSA) is 65.5 Å². The largest absolute Gasteiger partial charge is 0.395 e. The quantitative estimate of drug-likeness (QED) is 0.774. The third kappa shape index (κ3) is 5.37. The third-order valence-electron chi connectivity index (χ3n) is 4.26. The van der Waals surface area contributed by atoms with Crippen LogP contribution in [0, 0.1) is 0 Å². The number of para-hydroxylation sites is 1. The van der Waals surface area contributed by atoms with Crippen LogP contribution in [0.3, 0.4) is 0 Å². The van der Waals surface area contributed by atoms with Gasteiger partial charge in [-0.15, -0.1) is 0 Å². The Morgan fingerprint density at radius 1 is 1.20 bits per heavy atom. The first-order valence-electron chi connectivity index (χ1n) is 8.66. The first-order valence-corrected chi connectivity index (χ1v) is 8.66. The molecule has 1 unspecified atom stereocenters. The van der Waals surface area contributed by atoms with Crippen molar-refractivity contribution in [3.8, 4) is 0 Å². The Morgan fingerprint density at radius 3 is 2.60 bits per heavy atom. The monoisotopic (exact) mass is 341 g/mol. The summed E-state index contributed by atoms with van der Waals surface area (Å²) < 4.78 is 0. The van der Waals surface area contributed by atoms with Crippen LogP contribution in [0.1, 0.15) is 37.8 Å². The van der Waals surface area contributed by atoms with Crippen LogP contribution in [0.5, 0.6) is 0 Å². The summed E-state index contributed by atoms with van der Waals surface area (Å²) in [7, 11) is 0. The van der Waals surface area contributed by atoms with Crippen LogP contribution in [0.15, 0.2) is 48.8 Å². The van der Waals surface area contributed by atoms with Crippen molar-refractivity contribution in [2.45, 2.75) is 39.3 Å². The lowest BCUT2D eigenvalue weighted by Gasteiger charge is -2.28. The van der Waals surface area contributed by atoms with Gasteiger partial charge in [0, 0.05) is 31.2 Å². The first kappa shape index (κ1) is 19.1. The Morgan fingerprint density at radius 2 is 1.96 bits per heavy atom. The molecule has 134 valence electrons. The molecule has 0 saturated heterocycles. The third-order valence-corrected chi connectivity index (χ3v) is 4.26. The number of aliphatic hydroxyl groups is 1. The zero-order valence-electron chi connectivity index (χ0n) is 15.1. The maximum absolute atomic E-state index is 12.7. The van der Waals surface area contributed by atoms with Crippen LogP contribution < -0.4 is 5.32 Å². The minimum Gasteiger partial charge on any atom is -0.395 e. The molecule has 2 N–H and O–H groups in total. The molecule has 0 fully saturated rings. The summed E-state index contributed by atoms with van der Waals surface area (Å²) in [4.78, 5) is 18.8. The zero-order valence-corrected chi connectivity index (χ0v) is 15.1. The Bertz CT molecular complexity index is 674. The number of amides is 1. The first-order chi connectivity index (χ1) is 12.0. The molecule has 25 heavy (non-hydrogen) atoms. The summed E-state index contributed by atoms with van der Waals surface area (Å²) in [5, 5.41) is 12.4. The van der Waals surface area contributed by atoms with E-state index in [1.54, 1.807) is 12.4 Å². The molecule has 1 atom stereocenters. The van der Waals surface area contributed by atoms with E-state index >= 15 is 0 Å². The number of anilines is 1. The van der Waals surface area contributed by atoms with Crippen LogP contribution in [0.4, 0.5) is 5.69 Å². The lowest BCUT2D eigenvalue weighted by Crippen LogP contribution is -2.43. The minimum atomic E-state index is -0.368. The van der Waals surface area contributed by atoms with Crippen molar-refractivity contribution >= 4 is 11.6 Å². The molecule has 0 aliphatic heterocycles. The molecule has 0 radical (unpaired) electrons. The lowest BCUT2D eigenvalue weighted by molar-refractivity contribution is -0.121. The van der Waals surface area contributed by atoms with Gasteiger partial charge < -0.3 is 10.4 Å². The maximum Gasteiger partial charge on any atom is 0.241 e. The molecule has 0 aliphatic carbocycles. The number of aromatic nitrogens is 1. The summed E-state index contributed by atoms with van der Waals surface area (Å²) in [6.45, 7) is 7.06. The van der Waals surface area contributed by atoms with Gasteiger partial charge in [0.15, 0.2) is 0 Å². The minimum absolute atomic E-state index is 0.000460. The standard InChI is InChI=1S/C20H27N3O2/c1-15(2)18-8-4-5-9-19(18)22-20(25)16(3)23(11-12-24)14-17-7-6-10-21-13-17/h4-10,13,15-16,24H,11-12,14H2,1-3H3,(H,22,25). The number of nitrogens with one attached hydrogen (secondary N) is 1. The Hall–Kier alpha value is -2.24. The van der Waals surface area contributed by atoms with E-state index in [0.717, 1.165) is 16.8 Å². The molecule has 5 heteroatoms. The van der Waals surface area contributed by atoms with Crippen molar-refractivity contribution < 1.29 is 9.90 Å². The highest BCUT2D eigenvalue weighted by atomic mass is 16.3. The number of aliphatic hydroxyl groups excluding tert-OH is 1. The number of pyridine rings is 1. The van der Waals surface area contributed by atoms with Crippen molar-refractivity contribution in [1.29, 1.82) is 0 Å². The summed E-state index contributed by atoms with van der Waals surface area (Å²) in [5.41, 5.74) is 2.97. The van der Waals surface area contributed by atoms with Gasteiger partial charge >= 0.3 is 0 Å². The normalized spacial score (nSPS) is 12.4. The highest BCUT2D eigenvalue weighted by Crippen LogP contribution is 2.24. The van der Waals surface area contributed by atoms with Gasteiger partial charge in [0.25, 0.3) is 0 Å². The van der Waals surface area contributed by atoms with Crippen molar-refractivity contribution in [3.63, 3.8) is 0 Å². The second-order valence-corrected chi connectivity index (χ2v) is 6.46. The SMILES string of the molecule is CC(C)c1ccccc1NC(=O)C(C)N(CCO)Cc1cccnc1. The zero-order chi connectivity index (χ0) is 18.2. The van der Waals surface area contributed by atoms with Crippen molar-refractivity contribution in [2.75, 3.05) is 18.5 Å². The number of carbonyl (C=O) groups is 1. The molecule has 5 nitrogen and oxygen atoms in total. The van der Waals surface area contributed by atoms with Crippen LogP contribution in [0.2, 0.25) is 0 Å². The van der Waals surface area contributed by atoms with Gasteiger partial charge in [0.1, 0.15) is 0 Å².